The van der Waals surface area contributed by atoms with Gasteiger partial charge >= 0.3 is 12.4 Å². The zero-order valence-electron chi connectivity index (χ0n) is 24.3. The van der Waals surface area contributed by atoms with Crippen molar-refractivity contribution in [1.29, 1.82) is 0 Å². The molecule has 45 heavy (non-hydrogen) atoms. The van der Waals surface area contributed by atoms with E-state index in [1.54, 1.807) is 38.1 Å². The van der Waals surface area contributed by atoms with Crippen LogP contribution in [0.3, 0.4) is 0 Å². The summed E-state index contributed by atoms with van der Waals surface area (Å²) in [5.74, 6) is -4.10. The number of alkyl halides is 3. The lowest BCUT2D eigenvalue weighted by molar-refractivity contribution is -0.274. The first kappa shape index (κ1) is 31.3. The van der Waals surface area contributed by atoms with E-state index in [-0.39, 0.29) is 25.9 Å². The van der Waals surface area contributed by atoms with Gasteiger partial charge in [0.1, 0.15) is 23.1 Å². The first-order valence-electron chi connectivity index (χ1n) is 13.8. The molecule has 1 spiro atoms. The van der Waals surface area contributed by atoms with Crippen LogP contribution in [0.4, 0.5) is 28.0 Å². The second-order valence-electron chi connectivity index (χ2n) is 11.0. The number of benzene rings is 2. The highest BCUT2D eigenvalue weighted by molar-refractivity contribution is 6.16. The molecule has 1 aromatic heterocycles. The highest BCUT2D eigenvalue weighted by Crippen LogP contribution is 2.40. The van der Waals surface area contributed by atoms with Crippen LogP contribution in [-0.4, -0.2) is 92.3 Å². The number of halogens is 4. The molecule has 0 unspecified atom stereocenters. The molecule has 2 aromatic carbocycles. The molecular weight excluding hydrogens is 604 g/mol. The Labute approximate surface area is 253 Å². The number of nitrogens with zero attached hydrogens (tertiary/aromatic N) is 6. The average molecular weight is 633 g/mol. The predicted octanol–water partition coefficient (Wildman–Crippen LogP) is 3.12. The Morgan fingerprint density at radius 2 is 1.73 bits per heavy atom. The van der Waals surface area contributed by atoms with Gasteiger partial charge in [0, 0.05) is 31.4 Å². The Morgan fingerprint density at radius 3 is 2.31 bits per heavy atom. The largest absolute Gasteiger partial charge is 0.573 e. The van der Waals surface area contributed by atoms with E-state index in [1.807, 2.05) is 0 Å². The number of carbonyl (C=O) groups is 4. The molecule has 3 aromatic rings. The lowest BCUT2D eigenvalue weighted by atomic mass is 9.85. The molecule has 5 amide bonds. The number of rotatable bonds is 7. The fourth-order valence-electron chi connectivity index (χ4n) is 5.57. The number of piperidine rings is 1. The van der Waals surface area contributed by atoms with Gasteiger partial charge in [0.25, 0.3) is 11.8 Å². The van der Waals surface area contributed by atoms with E-state index in [4.69, 9.17) is 0 Å². The number of carbonyl (C=O) groups excluding carboxylic acids is 4. The monoisotopic (exact) mass is 632 g/mol. The number of aromatic amines is 1. The van der Waals surface area contributed by atoms with Crippen LogP contribution in [0.5, 0.6) is 5.75 Å². The van der Waals surface area contributed by atoms with E-state index in [0.717, 1.165) is 11.0 Å². The van der Waals surface area contributed by atoms with E-state index in [2.05, 4.69) is 30.7 Å². The molecular formula is C28H28F4N8O5. The fourth-order valence-corrected chi connectivity index (χ4v) is 5.57. The number of likely N-dealkylation sites (tertiary alicyclic amines) is 1. The molecule has 2 saturated heterocycles. The minimum absolute atomic E-state index is 0.0471. The molecule has 3 heterocycles. The normalized spacial score (nSPS) is 17.3. The number of hydrogen-bond donors (Lipinski definition) is 2. The minimum atomic E-state index is -5.05. The minimum Gasteiger partial charge on any atom is -0.406 e. The van der Waals surface area contributed by atoms with E-state index in [1.165, 1.54) is 16.8 Å². The molecule has 5 rings (SSSR count). The molecule has 1 atom stereocenters. The van der Waals surface area contributed by atoms with E-state index < -0.39 is 64.7 Å². The number of amides is 5. The number of imide groups is 1. The van der Waals surface area contributed by atoms with Crippen LogP contribution in [0.25, 0.3) is 11.4 Å². The summed E-state index contributed by atoms with van der Waals surface area (Å²) >= 11 is 0. The lowest BCUT2D eigenvalue weighted by Crippen LogP contribution is -2.60. The fraction of sp³-hybridized carbons (Fsp3) is 0.393. The summed E-state index contributed by atoms with van der Waals surface area (Å²) in [4.78, 5) is 57.1. The molecule has 0 bridgehead atoms. The number of likely N-dealkylation sites (N-methyl/N-ethyl adjacent to an activating group) is 1. The number of urea groups is 1. The number of ether oxygens (including phenoxy) is 1. The number of H-pyrrole nitrogens is 1. The lowest BCUT2D eigenvalue weighted by Gasteiger charge is -2.43. The maximum atomic E-state index is 14.4. The molecule has 2 aliphatic rings. The second kappa shape index (κ2) is 11.8. The summed E-state index contributed by atoms with van der Waals surface area (Å²) in [5.41, 5.74) is -0.910. The topological polar surface area (TPSA) is 154 Å². The maximum absolute atomic E-state index is 14.4. The van der Waals surface area contributed by atoms with Crippen molar-refractivity contribution < 1.29 is 41.5 Å². The van der Waals surface area contributed by atoms with Gasteiger partial charge < -0.3 is 15.0 Å². The summed E-state index contributed by atoms with van der Waals surface area (Å²) in [6.45, 7) is 3.38. The molecule has 13 nitrogen and oxygen atoms in total. The Morgan fingerprint density at radius 1 is 1.07 bits per heavy atom. The molecule has 0 saturated carbocycles. The molecule has 17 heteroatoms. The summed E-state index contributed by atoms with van der Waals surface area (Å²) in [6, 6.07) is 6.99. The van der Waals surface area contributed by atoms with Gasteiger partial charge in [0.15, 0.2) is 0 Å². The Hall–Kier alpha value is -5.09. The summed E-state index contributed by atoms with van der Waals surface area (Å²) in [7, 11) is 1.38. The zero-order chi connectivity index (χ0) is 32.7. The van der Waals surface area contributed by atoms with Crippen LogP contribution in [0, 0.1) is 11.7 Å². The Kier molecular flexibility index (Phi) is 8.20. The maximum Gasteiger partial charge on any atom is 0.573 e. The van der Waals surface area contributed by atoms with Crippen molar-refractivity contribution in [2.75, 3.05) is 25.0 Å². The molecule has 2 fully saturated rings. The van der Waals surface area contributed by atoms with Crippen LogP contribution in [0.2, 0.25) is 0 Å². The van der Waals surface area contributed by atoms with E-state index in [9.17, 15) is 36.7 Å². The standard InChI is InChI=1S/C28H28F4N8O5/c1-15(2)21(33-23(41)19-14-18(8-9-20(19)29)45-28(30,31)32)24(42)39-12-10-27(11-13-39)25(43)38(3)26(44)40(27)17-6-4-16(5-7-17)22-34-36-37-35-22/h4-9,14-15,21H,10-13H2,1-3H3,(H,33,41)(H,34,35,36,37)/t21-/m1/s1. The molecule has 0 aliphatic carbocycles. The van der Waals surface area contributed by atoms with Gasteiger partial charge in [-0.2, -0.15) is 5.21 Å². The number of aromatic nitrogens is 4. The SMILES string of the molecule is CC(C)[C@@H](NC(=O)c1cc(OC(F)(F)F)ccc1F)C(=O)N1CCC2(CC1)C(=O)N(C)C(=O)N2c1ccc(-c2nn[nH]n2)cc1. The number of hydrogen-bond acceptors (Lipinski definition) is 8. The summed E-state index contributed by atoms with van der Waals surface area (Å²) in [5, 5.41) is 16.2. The van der Waals surface area contributed by atoms with Gasteiger partial charge in [0.2, 0.25) is 11.7 Å². The summed E-state index contributed by atoms with van der Waals surface area (Å²) < 4.78 is 56.2. The van der Waals surface area contributed by atoms with Crippen molar-refractivity contribution in [1.82, 2.24) is 35.7 Å². The number of anilines is 1. The van der Waals surface area contributed by atoms with Gasteiger partial charge in [-0.05, 0) is 66.4 Å². The number of tetrazole rings is 1. The van der Waals surface area contributed by atoms with E-state index >= 15 is 0 Å². The predicted molar refractivity (Wildman–Crippen MR) is 148 cm³/mol. The third-order valence-electron chi connectivity index (χ3n) is 7.88. The van der Waals surface area contributed by atoms with Crippen LogP contribution < -0.4 is 15.0 Å². The zero-order valence-corrected chi connectivity index (χ0v) is 24.3. The highest BCUT2D eigenvalue weighted by atomic mass is 19.4. The molecule has 2 N–H and O–H groups in total. The van der Waals surface area contributed by atoms with Gasteiger partial charge in [-0.25, -0.2) is 9.18 Å². The van der Waals surface area contributed by atoms with Gasteiger partial charge in [-0.3, -0.25) is 24.2 Å². The first-order chi connectivity index (χ1) is 21.2. The van der Waals surface area contributed by atoms with Gasteiger partial charge in [-0.15, -0.1) is 23.4 Å². The van der Waals surface area contributed by atoms with Crippen molar-refractivity contribution in [3.63, 3.8) is 0 Å². The third-order valence-corrected chi connectivity index (χ3v) is 7.88. The Balaban J connectivity index is 1.32. The van der Waals surface area contributed by atoms with Crippen LogP contribution in [0.1, 0.15) is 37.0 Å². The van der Waals surface area contributed by atoms with Crippen molar-refractivity contribution in [3.8, 4) is 17.1 Å². The average Bonchev–Trinajstić information content (AvgIpc) is 3.59. The van der Waals surface area contributed by atoms with Gasteiger partial charge in [0.05, 0.1) is 5.56 Å². The van der Waals surface area contributed by atoms with E-state index in [0.29, 0.717) is 29.2 Å². The van der Waals surface area contributed by atoms with Crippen molar-refractivity contribution in [2.24, 2.45) is 5.92 Å². The van der Waals surface area contributed by atoms with Crippen LogP contribution in [-0.2, 0) is 9.59 Å². The second-order valence-corrected chi connectivity index (χ2v) is 11.0. The molecule has 2 aliphatic heterocycles. The third kappa shape index (κ3) is 6.01. The number of nitrogens with one attached hydrogen (secondary N) is 2. The van der Waals surface area contributed by atoms with Crippen LogP contribution in [0.15, 0.2) is 42.5 Å². The highest BCUT2D eigenvalue weighted by Gasteiger charge is 2.58. The van der Waals surface area contributed by atoms with Crippen molar-refractivity contribution in [3.05, 3.63) is 53.8 Å². The van der Waals surface area contributed by atoms with Crippen LogP contribution >= 0.6 is 0 Å². The first-order valence-corrected chi connectivity index (χ1v) is 13.8. The Bertz CT molecular complexity index is 1610. The van der Waals surface area contributed by atoms with Crippen molar-refractivity contribution in [2.45, 2.75) is 44.6 Å². The van der Waals surface area contributed by atoms with Crippen molar-refractivity contribution >= 4 is 29.4 Å². The quantitative estimate of drug-likeness (QED) is 0.298. The molecule has 238 valence electrons. The summed E-state index contributed by atoms with van der Waals surface area (Å²) in [6.07, 6.45) is -4.88. The molecule has 0 radical (unpaired) electrons. The van der Waals surface area contributed by atoms with Gasteiger partial charge in [-0.1, -0.05) is 13.8 Å². The smallest absolute Gasteiger partial charge is 0.406 e.